The molecule has 0 saturated carbocycles. The van der Waals surface area contributed by atoms with Gasteiger partial charge in [-0.1, -0.05) is 92.4 Å². The Morgan fingerprint density at radius 2 is 1.41 bits per heavy atom. The largest absolute Gasteiger partial charge is 0.0905 e. The van der Waals surface area contributed by atoms with Crippen LogP contribution in [0.15, 0.2) is 85.4 Å². The second-order valence-corrected chi connectivity index (χ2v) is 5.40. The molecule has 0 heteroatoms. The van der Waals surface area contributed by atoms with Crippen molar-refractivity contribution < 1.29 is 0 Å². The average Bonchev–Trinajstić information content (AvgIpc) is 2.62. The van der Waals surface area contributed by atoms with E-state index in [1.54, 1.807) is 0 Å². The van der Waals surface area contributed by atoms with E-state index in [-0.39, 0.29) is 0 Å². The van der Waals surface area contributed by atoms with Crippen LogP contribution < -0.4 is 0 Å². The van der Waals surface area contributed by atoms with Crippen LogP contribution in [0.5, 0.6) is 0 Å². The molecule has 0 fully saturated rings. The Labute approximate surface area is 132 Å². The zero-order valence-electron chi connectivity index (χ0n) is 12.9. The fourth-order valence-corrected chi connectivity index (χ4v) is 2.89. The number of benzene rings is 3. The van der Waals surface area contributed by atoms with Crippen molar-refractivity contribution in [2.24, 2.45) is 0 Å². The highest BCUT2D eigenvalue weighted by molar-refractivity contribution is 5.89. The van der Waals surface area contributed by atoms with Gasteiger partial charge in [0.2, 0.25) is 0 Å². The van der Waals surface area contributed by atoms with Crippen molar-refractivity contribution in [3.8, 4) is 11.1 Å². The molecule has 0 aromatic heterocycles. The Morgan fingerprint density at radius 1 is 0.773 bits per heavy atom. The maximum absolute atomic E-state index is 4.36. The number of hydrogen-bond donors (Lipinski definition) is 0. The summed E-state index contributed by atoms with van der Waals surface area (Å²) < 4.78 is 0. The van der Waals surface area contributed by atoms with Crippen LogP contribution in [0.3, 0.4) is 0 Å². The van der Waals surface area contributed by atoms with Crippen molar-refractivity contribution in [1.82, 2.24) is 0 Å². The molecule has 0 aliphatic rings. The van der Waals surface area contributed by atoms with Gasteiger partial charge in [0.1, 0.15) is 0 Å². The molecule has 0 spiro atoms. The molecule has 108 valence electrons. The summed E-state index contributed by atoms with van der Waals surface area (Å²) in [6.07, 6.45) is 1.01. The smallest absolute Gasteiger partial charge is 0.00734 e. The van der Waals surface area contributed by atoms with E-state index in [0.717, 1.165) is 12.0 Å². The summed E-state index contributed by atoms with van der Waals surface area (Å²) in [5, 5.41) is 0. The van der Waals surface area contributed by atoms with Crippen LogP contribution in [-0.4, -0.2) is 0 Å². The minimum absolute atomic E-state index is 1.01. The van der Waals surface area contributed by atoms with Gasteiger partial charge in [-0.05, 0) is 39.8 Å². The Kier molecular flexibility index (Phi) is 4.20. The molecule has 0 radical (unpaired) electrons. The highest BCUT2D eigenvalue weighted by atomic mass is 14.2. The summed E-state index contributed by atoms with van der Waals surface area (Å²) in [6.45, 7) is 6.56. The molecule has 0 nitrogen and oxygen atoms in total. The molecule has 0 aliphatic heterocycles. The Bertz CT molecular complexity index is 768. The number of aryl methyl sites for hydroxylation is 1. The quantitative estimate of drug-likeness (QED) is 0.553. The molecule has 0 amide bonds. The molecule has 22 heavy (non-hydrogen) atoms. The minimum atomic E-state index is 1.01. The molecule has 0 bridgehead atoms. The summed E-state index contributed by atoms with van der Waals surface area (Å²) in [6, 6.07) is 27.5. The number of rotatable bonds is 4. The third kappa shape index (κ3) is 2.73. The molecular weight excluding hydrogens is 264 g/mol. The van der Waals surface area contributed by atoms with Crippen LogP contribution >= 0.6 is 0 Å². The lowest BCUT2D eigenvalue weighted by atomic mass is 9.87. The van der Waals surface area contributed by atoms with Crippen molar-refractivity contribution in [3.05, 3.63) is 102 Å². The molecule has 3 aromatic rings. The first-order chi connectivity index (χ1) is 10.8. The first-order valence-electron chi connectivity index (χ1n) is 7.73. The zero-order valence-corrected chi connectivity index (χ0v) is 12.9. The topological polar surface area (TPSA) is 0 Å². The van der Waals surface area contributed by atoms with Gasteiger partial charge in [-0.15, -0.1) is 0 Å². The third-order valence-corrected chi connectivity index (χ3v) is 4.04. The minimum Gasteiger partial charge on any atom is -0.0905 e. The highest BCUT2D eigenvalue weighted by Crippen LogP contribution is 2.34. The molecule has 0 saturated heterocycles. The van der Waals surface area contributed by atoms with Crippen LogP contribution in [0.1, 0.15) is 23.6 Å². The Hall–Kier alpha value is -2.60. The van der Waals surface area contributed by atoms with E-state index in [1.165, 1.54) is 27.8 Å². The standard InChI is InChI=1S/C22H20/c1-3-18-15-10-16-21(17(2)19-11-6-4-7-12-19)22(18)20-13-8-5-9-14-20/h4-16H,2-3H2,1H3. The Morgan fingerprint density at radius 3 is 2.05 bits per heavy atom. The zero-order chi connectivity index (χ0) is 15.4. The fraction of sp³-hybridized carbons (Fsp3) is 0.0909. The van der Waals surface area contributed by atoms with E-state index in [1.807, 2.05) is 6.07 Å². The number of hydrogen-bond acceptors (Lipinski definition) is 0. The van der Waals surface area contributed by atoms with Gasteiger partial charge in [-0.25, -0.2) is 0 Å². The van der Waals surface area contributed by atoms with E-state index in [4.69, 9.17) is 0 Å². The van der Waals surface area contributed by atoms with E-state index in [0.29, 0.717) is 0 Å². The molecule has 0 atom stereocenters. The van der Waals surface area contributed by atoms with Crippen LogP contribution in [0, 0.1) is 0 Å². The summed E-state index contributed by atoms with van der Waals surface area (Å²) >= 11 is 0. The fourth-order valence-electron chi connectivity index (χ4n) is 2.89. The summed E-state index contributed by atoms with van der Waals surface area (Å²) in [7, 11) is 0. The summed E-state index contributed by atoms with van der Waals surface area (Å²) in [5.74, 6) is 0. The first kappa shape index (κ1) is 14.3. The van der Waals surface area contributed by atoms with Crippen molar-refractivity contribution in [2.75, 3.05) is 0 Å². The maximum atomic E-state index is 4.36. The van der Waals surface area contributed by atoms with Gasteiger partial charge in [0.25, 0.3) is 0 Å². The van der Waals surface area contributed by atoms with Gasteiger partial charge in [0, 0.05) is 0 Å². The molecule has 3 aromatic carbocycles. The third-order valence-electron chi connectivity index (χ3n) is 4.04. The van der Waals surface area contributed by atoms with Gasteiger partial charge in [0.15, 0.2) is 0 Å². The molecule has 0 unspecified atom stereocenters. The van der Waals surface area contributed by atoms with Gasteiger partial charge in [-0.3, -0.25) is 0 Å². The van der Waals surface area contributed by atoms with Crippen LogP contribution in [0.4, 0.5) is 0 Å². The van der Waals surface area contributed by atoms with Crippen molar-refractivity contribution >= 4 is 5.57 Å². The monoisotopic (exact) mass is 284 g/mol. The van der Waals surface area contributed by atoms with E-state index >= 15 is 0 Å². The second kappa shape index (κ2) is 6.44. The maximum Gasteiger partial charge on any atom is -0.00734 e. The normalized spacial score (nSPS) is 10.4. The van der Waals surface area contributed by atoms with Crippen molar-refractivity contribution in [1.29, 1.82) is 0 Å². The van der Waals surface area contributed by atoms with Gasteiger partial charge in [0.05, 0.1) is 0 Å². The molecule has 0 aliphatic carbocycles. The lowest BCUT2D eigenvalue weighted by molar-refractivity contribution is 1.14. The van der Waals surface area contributed by atoms with Crippen molar-refractivity contribution in [2.45, 2.75) is 13.3 Å². The predicted molar refractivity (Wildman–Crippen MR) is 95.8 cm³/mol. The van der Waals surface area contributed by atoms with Crippen LogP contribution in [-0.2, 0) is 6.42 Å². The van der Waals surface area contributed by atoms with E-state index < -0.39 is 0 Å². The molecular formula is C22H20. The van der Waals surface area contributed by atoms with Gasteiger partial charge in [-0.2, -0.15) is 0 Å². The lowest BCUT2D eigenvalue weighted by Gasteiger charge is -2.16. The van der Waals surface area contributed by atoms with Gasteiger partial charge < -0.3 is 0 Å². The van der Waals surface area contributed by atoms with Crippen molar-refractivity contribution in [3.63, 3.8) is 0 Å². The predicted octanol–water partition coefficient (Wildman–Crippen LogP) is 5.98. The first-order valence-corrected chi connectivity index (χ1v) is 7.73. The molecule has 0 N–H and O–H groups in total. The highest BCUT2D eigenvalue weighted by Gasteiger charge is 2.12. The summed E-state index contributed by atoms with van der Waals surface area (Å²) in [4.78, 5) is 0. The summed E-state index contributed by atoms with van der Waals surface area (Å²) in [5.41, 5.74) is 7.40. The lowest BCUT2D eigenvalue weighted by Crippen LogP contribution is -1.95. The van der Waals surface area contributed by atoms with Gasteiger partial charge >= 0.3 is 0 Å². The molecule has 0 heterocycles. The SMILES string of the molecule is C=C(c1ccccc1)c1cccc(CC)c1-c1ccccc1. The molecule has 3 rings (SSSR count). The Balaban J connectivity index is 2.18. The van der Waals surface area contributed by atoms with Crippen LogP contribution in [0.25, 0.3) is 16.7 Å². The average molecular weight is 284 g/mol. The van der Waals surface area contributed by atoms with Crippen LogP contribution in [0.2, 0.25) is 0 Å². The second-order valence-electron chi connectivity index (χ2n) is 5.40. The van der Waals surface area contributed by atoms with E-state index in [2.05, 4.69) is 86.3 Å². The van der Waals surface area contributed by atoms with E-state index in [9.17, 15) is 0 Å².